The first-order valence-electron chi connectivity index (χ1n) is 13.1. The van der Waals surface area contributed by atoms with Gasteiger partial charge in [0.15, 0.2) is 4.34 Å². The number of fused-ring (bicyclic) bond motifs is 1. The largest absolute Gasteiger partial charge is 1.00 e. The van der Waals surface area contributed by atoms with Crippen LogP contribution in [0.2, 0.25) is 5.02 Å². The molecule has 1 fully saturated rings. The Morgan fingerprint density at radius 3 is 2.47 bits per heavy atom. The third kappa shape index (κ3) is 7.56. The summed E-state index contributed by atoms with van der Waals surface area (Å²) in [4.78, 5) is 66.9. The molecule has 0 bridgehead atoms. The van der Waals surface area contributed by atoms with Crippen LogP contribution in [0.25, 0.3) is 0 Å². The van der Waals surface area contributed by atoms with Gasteiger partial charge in [-0.1, -0.05) is 77.2 Å². The van der Waals surface area contributed by atoms with Crippen LogP contribution in [0.1, 0.15) is 27.0 Å². The van der Waals surface area contributed by atoms with E-state index in [0.717, 1.165) is 14.8 Å². The number of carbonyl (C=O) groups is 5. The number of nitrogens with zero attached hydrogens (tertiary/aromatic N) is 4. The molecular formula is C28H24ClN6NaO6S3. The van der Waals surface area contributed by atoms with E-state index in [1.165, 1.54) is 54.0 Å². The maximum absolute atomic E-state index is 13.6. The summed E-state index contributed by atoms with van der Waals surface area (Å²) in [6.07, 6.45) is 0. The van der Waals surface area contributed by atoms with Crippen LogP contribution in [0.5, 0.6) is 0 Å². The summed E-state index contributed by atoms with van der Waals surface area (Å²) in [6, 6.07) is 11.4. The number of carboxylic acids is 1. The number of carbonyl (C=O) groups excluding carboxylic acids is 5. The monoisotopic (exact) mass is 694 g/mol. The number of nitrogens with one attached hydrogen (secondary N) is 2. The van der Waals surface area contributed by atoms with E-state index in [2.05, 4.69) is 20.8 Å². The predicted molar refractivity (Wildman–Crippen MR) is 164 cm³/mol. The normalized spacial score (nSPS) is 17.8. The maximum atomic E-state index is 13.6. The fourth-order valence-corrected chi connectivity index (χ4v) is 8.10. The van der Waals surface area contributed by atoms with Crippen molar-refractivity contribution in [2.24, 2.45) is 0 Å². The van der Waals surface area contributed by atoms with Gasteiger partial charge in [0.25, 0.3) is 11.8 Å². The smallest absolute Gasteiger partial charge is 0.543 e. The third-order valence-electron chi connectivity index (χ3n) is 6.79. The summed E-state index contributed by atoms with van der Waals surface area (Å²) in [5.41, 5.74) is 0.793. The van der Waals surface area contributed by atoms with Gasteiger partial charge in [-0.05, 0) is 30.2 Å². The second-order valence-corrected chi connectivity index (χ2v) is 13.6. The van der Waals surface area contributed by atoms with Crippen molar-refractivity contribution in [1.29, 1.82) is 0 Å². The Labute approximate surface area is 297 Å². The number of β-lactam (4-membered cyclic amide) rings is 1. The summed E-state index contributed by atoms with van der Waals surface area (Å²) in [6.45, 7) is 1.81. The summed E-state index contributed by atoms with van der Waals surface area (Å²) in [5, 5.41) is 25.6. The van der Waals surface area contributed by atoms with E-state index in [0.29, 0.717) is 21.2 Å². The molecule has 5 rings (SSSR count). The molecule has 17 heteroatoms. The van der Waals surface area contributed by atoms with Gasteiger partial charge in [-0.3, -0.25) is 24.2 Å². The molecule has 228 valence electrons. The van der Waals surface area contributed by atoms with Crippen LogP contribution >= 0.6 is 46.5 Å². The molecule has 2 unspecified atom stereocenters. The Bertz CT molecular complexity index is 1670. The van der Waals surface area contributed by atoms with Crippen LogP contribution in [0.15, 0.2) is 70.2 Å². The topological polar surface area (TPSA) is 165 Å². The molecule has 45 heavy (non-hydrogen) atoms. The zero-order valence-corrected chi connectivity index (χ0v) is 29.4. The zero-order valence-electron chi connectivity index (χ0n) is 24.2. The molecule has 3 aromatic rings. The fourth-order valence-electron chi connectivity index (χ4n) is 4.58. The molecule has 2 aromatic carbocycles. The molecule has 0 saturated carbocycles. The molecule has 2 aliphatic rings. The quantitative estimate of drug-likeness (QED) is 0.165. The van der Waals surface area contributed by atoms with E-state index in [9.17, 15) is 29.1 Å². The molecule has 2 aliphatic heterocycles. The average molecular weight is 695 g/mol. The number of thioether (sulfide) groups is 2. The van der Waals surface area contributed by atoms with Gasteiger partial charge in [0, 0.05) is 18.6 Å². The van der Waals surface area contributed by atoms with Crippen molar-refractivity contribution < 1.29 is 58.6 Å². The van der Waals surface area contributed by atoms with Crippen molar-refractivity contribution >= 4 is 76.2 Å². The Hall–Kier alpha value is -2.92. The number of imide groups is 1. The molecule has 5 amide bonds. The van der Waals surface area contributed by atoms with Crippen molar-refractivity contribution in [3.63, 3.8) is 0 Å². The van der Waals surface area contributed by atoms with E-state index in [4.69, 9.17) is 11.6 Å². The number of aliphatic carboxylic acids is 1. The van der Waals surface area contributed by atoms with Crippen LogP contribution in [-0.2, 0) is 14.4 Å². The predicted octanol–water partition coefficient (Wildman–Crippen LogP) is -0.777. The van der Waals surface area contributed by atoms with Gasteiger partial charge in [0.1, 0.15) is 22.5 Å². The summed E-state index contributed by atoms with van der Waals surface area (Å²) < 4.78 is 0.674. The molecule has 0 radical (unpaired) electrons. The summed E-state index contributed by atoms with van der Waals surface area (Å²) in [5.74, 6) is -2.93. The van der Waals surface area contributed by atoms with Gasteiger partial charge >= 0.3 is 35.6 Å². The van der Waals surface area contributed by atoms with Gasteiger partial charge in [-0.2, -0.15) is 0 Å². The van der Waals surface area contributed by atoms with E-state index in [1.807, 2.05) is 6.92 Å². The van der Waals surface area contributed by atoms with Crippen molar-refractivity contribution in [2.75, 3.05) is 18.6 Å². The van der Waals surface area contributed by atoms with Gasteiger partial charge < -0.3 is 20.5 Å². The SMILES string of the molecule is Cc1nnc(SCC2=C(C(=O)[O-])N3C(=O)C(NC(=O)C(NC(=O)N(C)C(=O)c4ccccc4Cl)c4ccccc4)[C@@H]3SC2)s1.[Na+]. The summed E-state index contributed by atoms with van der Waals surface area (Å²) in [7, 11) is 1.25. The maximum Gasteiger partial charge on any atom is 1.00 e. The molecule has 0 spiro atoms. The fraction of sp³-hybridized carbons (Fsp3) is 0.250. The minimum Gasteiger partial charge on any atom is -0.543 e. The Kier molecular flexibility index (Phi) is 11.7. The van der Waals surface area contributed by atoms with E-state index < -0.39 is 47.2 Å². The van der Waals surface area contributed by atoms with Crippen molar-refractivity contribution in [1.82, 2.24) is 30.6 Å². The molecule has 1 aromatic heterocycles. The number of hydrogen-bond acceptors (Lipinski definition) is 11. The molecule has 0 aliphatic carbocycles. The minimum atomic E-state index is -1.49. The standard InChI is InChI=1S/C28H25ClN6O6S3.Na/c1-14-32-33-28(44-14)43-13-16-12-42-25-20(24(38)35(25)21(16)26(39)40)30-22(36)19(15-8-4-3-5-9-15)31-27(41)34(2)23(37)17-10-6-7-11-18(17)29;/h3-11,19-20,25H,12-13H2,1-2H3,(H,30,36)(H,31,41)(H,39,40);/q;+1/p-1/t19?,20?,25-;/m0./s1. The molecule has 1 saturated heterocycles. The second-order valence-electron chi connectivity index (χ2n) is 9.65. The average Bonchev–Trinajstić information content (AvgIpc) is 3.45. The number of aryl methyl sites for hydroxylation is 1. The Balaban J connectivity index is 0.00000461. The third-order valence-corrected chi connectivity index (χ3v) is 10.5. The number of rotatable bonds is 9. The first-order chi connectivity index (χ1) is 21.1. The van der Waals surface area contributed by atoms with E-state index in [1.54, 1.807) is 42.5 Å². The van der Waals surface area contributed by atoms with Crippen LogP contribution in [0, 0.1) is 6.92 Å². The summed E-state index contributed by atoms with van der Waals surface area (Å²) >= 11 is 10.1. The number of amides is 5. The van der Waals surface area contributed by atoms with Crippen LogP contribution in [0.3, 0.4) is 0 Å². The number of aromatic nitrogens is 2. The number of carboxylic acid groups (broad SMARTS) is 1. The van der Waals surface area contributed by atoms with Crippen LogP contribution < -0.4 is 45.3 Å². The number of halogens is 1. The first-order valence-corrected chi connectivity index (χ1v) is 16.3. The van der Waals surface area contributed by atoms with Gasteiger partial charge in [0.05, 0.1) is 22.3 Å². The zero-order chi connectivity index (χ0) is 31.5. The van der Waals surface area contributed by atoms with E-state index in [-0.39, 0.29) is 51.6 Å². The molecule has 3 atom stereocenters. The van der Waals surface area contributed by atoms with Crippen molar-refractivity contribution in [3.8, 4) is 0 Å². The first kappa shape index (κ1) is 34.9. The van der Waals surface area contributed by atoms with Gasteiger partial charge in [-0.15, -0.1) is 22.0 Å². The van der Waals surface area contributed by atoms with Crippen LogP contribution in [0.4, 0.5) is 4.79 Å². The molecule has 2 N–H and O–H groups in total. The van der Waals surface area contributed by atoms with Gasteiger partial charge in [-0.25, -0.2) is 4.79 Å². The number of hydrogen-bond donors (Lipinski definition) is 2. The molecule has 12 nitrogen and oxygen atoms in total. The van der Waals surface area contributed by atoms with Crippen molar-refractivity contribution in [2.45, 2.75) is 28.7 Å². The molecular weight excluding hydrogens is 671 g/mol. The molecule has 3 heterocycles. The Morgan fingerprint density at radius 2 is 1.82 bits per heavy atom. The minimum absolute atomic E-state index is 0. The van der Waals surface area contributed by atoms with Gasteiger partial charge in [0.2, 0.25) is 5.91 Å². The Morgan fingerprint density at radius 1 is 1.13 bits per heavy atom. The van der Waals surface area contributed by atoms with Crippen LogP contribution in [-0.4, -0.2) is 79.7 Å². The van der Waals surface area contributed by atoms with E-state index >= 15 is 0 Å². The second kappa shape index (κ2) is 15.1. The number of benzene rings is 2. The van der Waals surface area contributed by atoms with Crippen molar-refractivity contribution in [3.05, 3.63) is 87.0 Å². The number of urea groups is 1.